The monoisotopic (exact) mass is 327 g/mol. The quantitative estimate of drug-likeness (QED) is 0.942. The van der Waals surface area contributed by atoms with Crippen molar-refractivity contribution in [3.8, 4) is 0 Å². The molecule has 0 aromatic heterocycles. The van der Waals surface area contributed by atoms with Gasteiger partial charge in [-0.3, -0.25) is 9.59 Å². The number of benzene rings is 2. The summed E-state index contributed by atoms with van der Waals surface area (Å²) in [5.74, 6) is -2.64. The van der Waals surface area contributed by atoms with Crippen molar-refractivity contribution in [2.24, 2.45) is 5.92 Å². The molecule has 1 saturated heterocycles. The number of aryl methyl sites for hydroxylation is 1. The van der Waals surface area contributed by atoms with Gasteiger partial charge in [0.25, 0.3) is 5.91 Å². The number of aliphatic carboxylic acids is 1. The van der Waals surface area contributed by atoms with E-state index in [9.17, 15) is 19.1 Å². The van der Waals surface area contributed by atoms with Gasteiger partial charge < -0.3 is 10.0 Å². The molecular formula is C19H18FNO3. The van der Waals surface area contributed by atoms with Crippen molar-refractivity contribution in [1.29, 1.82) is 0 Å². The highest BCUT2D eigenvalue weighted by Crippen LogP contribution is 2.34. The van der Waals surface area contributed by atoms with Crippen LogP contribution in [0, 0.1) is 18.7 Å². The lowest BCUT2D eigenvalue weighted by molar-refractivity contribution is -0.141. The molecule has 1 amide bonds. The highest BCUT2D eigenvalue weighted by atomic mass is 19.1. The second-order valence-electron chi connectivity index (χ2n) is 6.13. The predicted molar refractivity (Wildman–Crippen MR) is 87.3 cm³/mol. The maximum absolute atomic E-state index is 13.5. The number of hydrogen-bond donors (Lipinski definition) is 1. The summed E-state index contributed by atoms with van der Waals surface area (Å²) >= 11 is 0. The predicted octanol–water partition coefficient (Wildman–Crippen LogP) is 3.07. The normalized spacial score (nSPS) is 20.2. The van der Waals surface area contributed by atoms with Crippen LogP contribution in [0.2, 0.25) is 0 Å². The van der Waals surface area contributed by atoms with Gasteiger partial charge in [0.1, 0.15) is 5.82 Å². The lowest BCUT2D eigenvalue weighted by atomic mass is 9.89. The molecule has 0 aliphatic carbocycles. The average Bonchev–Trinajstić information content (AvgIpc) is 3.03. The van der Waals surface area contributed by atoms with Crippen LogP contribution in [0.5, 0.6) is 0 Å². The van der Waals surface area contributed by atoms with Crippen LogP contribution in [-0.2, 0) is 4.79 Å². The summed E-state index contributed by atoms with van der Waals surface area (Å²) in [6.45, 7) is 2.19. The molecule has 0 saturated carbocycles. The van der Waals surface area contributed by atoms with Gasteiger partial charge in [-0.1, -0.05) is 36.4 Å². The fraction of sp³-hybridized carbons (Fsp3) is 0.263. The van der Waals surface area contributed by atoms with Gasteiger partial charge in [0, 0.05) is 24.6 Å². The Hall–Kier alpha value is -2.69. The second-order valence-corrected chi connectivity index (χ2v) is 6.13. The van der Waals surface area contributed by atoms with Crippen LogP contribution in [-0.4, -0.2) is 35.0 Å². The lowest BCUT2D eigenvalue weighted by Gasteiger charge is -2.18. The van der Waals surface area contributed by atoms with Crippen molar-refractivity contribution in [3.05, 3.63) is 71.0 Å². The number of hydrogen-bond acceptors (Lipinski definition) is 2. The zero-order valence-corrected chi connectivity index (χ0v) is 13.3. The maximum Gasteiger partial charge on any atom is 0.308 e. The van der Waals surface area contributed by atoms with E-state index in [0.717, 1.165) is 5.56 Å². The molecule has 1 fully saturated rings. The highest BCUT2D eigenvalue weighted by molar-refractivity contribution is 5.96. The van der Waals surface area contributed by atoms with E-state index in [1.807, 2.05) is 30.3 Å². The van der Waals surface area contributed by atoms with Gasteiger partial charge in [0.15, 0.2) is 0 Å². The van der Waals surface area contributed by atoms with E-state index < -0.39 is 17.7 Å². The van der Waals surface area contributed by atoms with Crippen LogP contribution in [0.3, 0.4) is 0 Å². The van der Waals surface area contributed by atoms with Crippen molar-refractivity contribution in [2.45, 2.75) is 12.8 Å². The second kappa shape index (κ2) is 6.43. The van der Waals surface area contributed by atoms with Gasteiger partial charge in [0.2, 0.25) is 0 Å². The summed E-state index contributed by atoms with van der Waals surface area (Å²) in [5.41, 5.74) is 1.86. The molecule has 3 rings (SSSR count). The molecule has 2 aromatic rings. The summed E-state index contributed by atoms with van der Waals surface area (Å²) in [4.78, 5) is 25.9. The van der Waals surface area contributed by atoms with E-state index in [4.69, 9.17) is 0 Å². The summed E-state index contributed by atoms with van der Waals surface area (Å²) in [5, 5.41) is 9.52. The molecule has 24 heavy (non-hydrogen) atoms. The van der Waals surface area contributed by atoms with Crippen molar-refractivity contribution >= 4 is 11.9 Å². The standard InChI is InChI=1S/C19H18FNO3/c1-12-7-8-14(20)9-15(12)18(22)21-10-16(17(11-21)19(23)24)13-5-3-2-4-6-13/h2-9,16-17H,10-11H2,1H3,(H,23,24)/t16-,17-/m0/s1. The number of carbonyl (C=O) groups excluding carboxylic acids is 1. The molecule has 0 radical (unpaired) electrons. The third-order valence-corrected chi connectivity index (χ3v) is 4.58. The number of carbonyl (C=O) groups is 2. The van der Waals surface area contributed by atoms with Crippen LogP contribution < -0.4 is 0 Å². The van der Waals surface area contributed by atoms with Gasteiger partial charge in [-0.25, -0.2) is 4.39 Å². The van der Waals surface area contributed by atoms with Crippen LogP contribution in [0.15, 0.2) is 48.5 Å². The van der Waals surface area contributed by atoms with E-state index in [1.54, 1.807) is 13.0 Å². The number of amides is 1. The minimum atomic E-state index is -0.921. The highest BCUT2D eigenvalue weighted by Gasteiger charge is 2.40. The minimum Gasteiger partial charge on any atom is -0.481 e. The first-order chi connectivity index (χ1) is 11.5. The zero-order valence-electron chi connectivity index (χ0n) is 13.3. The first-order valence-electron chi connectivity index (χ1n) is 7.80. The third-order valence-electron chi connectivity index (χ3n) is 4.58. The van der Waals surface area contributed by atoms with Crippen LogP contribution in [0.1, 0.15) is 27.4 Å². The summed E-state index contributed by atoms with van der Waals surface area (Å²) in [6, 6.07) is 13.4. The van der Waals surface area contributed by atoms with Gasteiger partial charge >= 0.3 is 5.97 Å². The molecule has 5 heteroatoms. The molecule has 1 N–H and O–H groups in total. The van der Waals surface area contributed by atoms with Gasteiger partial charge in [-0.05, 0) is 30.2 Å². The SMILES string of the molecule is Cc1ccc(F)cc1C(=O)N1C[C@H](C(=O)O)[C@H](c2ccccc2)C1. The maximum atomic E-state index is 13.5. The Morgan fingerprint density at radius 3 is 2.50 bits per heavy atom. The lowest BCUT2D eigenvalue weighted by Crippen LogP contribution is -2.30. The largest absolute Gasteiger partial charge is 0.481 e. The average molecular weight is 327 g/mol. The first-order valence-corrected chi connectivity index (χ1v) is 7.80. The summed E-state index contributed by atoms with van der Waals surface area (Å²) < 4.78 is 13.5. The number of halogens is 1. The number of carboxylic acids is 1. The number of carboxylic acid groups (broad SMARTS) is 1. The van der Waals surface area contributed by atoms with E-state index in [0.29, 0.717) is 12.1 Å². The fourth-order valence-corrected chi connectivity index (χ4v) is 3.25. The fourth-order valence-electron chi connectivity index (χ4n) is 3.25. The topological polar surface area (TPSA) is 57.6 Å². The Kier molecular flexibility index (Phi) is 4.34. The molecule has 0 unspecified atom stereocenters. The number of likely N-dealkylation sites (tertiary alicyclic amines) is 1. The molecule has 1 aliphatic rings. The molecule has 1 aliphatic heterocycles. The van der Waals surface area contributed by atoms with Crippen molar-refractivity contribution in [1.82, 2.24) is 4.90 Å². The molecular weight excluding hydrogens is 309 g/mol. The van der Waals surface area contributed by atoms with Crippen molar-refractivity contribution < 1.29 is 19.1 Å². The van der Waals surface area contributed by atoms with E-state index in [2.05, 4.69) is 0 Å². The van der Waals surface area contributed by atoms with Gasteiger partial charge in [-0.15, -0.1) is 0 Å². The minimum absolute atomic E-state index is 0.129. The molecule has 4 nitrogen and oxygen atoms in total. The molecule has 0 bridgehead atoms. The van der Waals surface area contributed by atoms with E-state index >= 15 is 0 Å². The van der Waals surface area contributed by atoms with Gasteiger partial charge in [0.05, 0.1) is 5.92 Å². The third kappa shape index (κ3) is 3.02. The summed E-state index contributed by atoms with van der Waals surface area (Å²) in [7, 11) is 0. The van der Waals surface area contributed by atoms with Crippen LogP contribution in [0.4, 0.5) is 4.39 Å². The number of nitrogens with zero attached hydrogens (tertiary/aromatic N) is 1. The molecule has 1 heterocycles. The Morgan fingerprint density at radius 2 is 1.83 bits per heavy atom. The Labute approximate surface area is 139 Å². The summed E-state index contributed by atoms with van der Waals surface area (Å²) in [6.07, 6.45) is 0. The van der Waals surface area contributed by atoms with E-state index in [-0.39, 0.29) is 23.9 Å². The van der Waals surface area contributed by atoms with E-state index in [1.165, 1.54) is 17.0 Å². The first kappa shape index (κ1) is 16.2. The smallest absolute Gasteiger partial charge is 0.308 e. The molecule has 0 spiro atoms. The van der Waals surface area contributed by atoms with Crippen LogP contribution >= 0.6 is 0 Å². The number of rotatable bonds is 3. The Morgan fingerprint density at radius 1 is 1.12 bits per heavy atom. The molecule has 124 valence electrons. The molecule has 2 atom stereocenters. The van der Waals surface area contributed by atoms with Crippen LogP contribution in [0.25, 0.3) is 0 Å². The Balaban J connectivity index is 1.89. The van der Waals surface area contributed by atoms with Crippen molar-refractivity contribution in [2.75, 3.05) is 13.1 Å². The molecule has 2 aromatic carbocycles. The Bertz CT molecular complexity index is 775. The zero-order chi connectivity index (χ0) is 17.3. The van der Waals surface area contributed by atoms with Gasteiger partial charge in [-0.2, -0.15) is 0 Å². The van der Waals surface area contributed by atoms with Crippen molar-refractivity contribution in [3.63, 3.8) is 0 Å².